The van der Waals surface area contributed by atoms with Crippen LogP contribution in [0.5, 0.6) is 0 Å². The number of allylic oxidation sites excluding steroid dienone is 1. The van der Waals surface area contributed by atoms with Crippen molar-refractivity contribution in [3.8, 4) is 0 Å². The molecule has 0 aromatic heterocycles. The molecule has 1 unspecified atom stereocenters. The third-order valence-corrected chi connectivity index (χ3v) is 1.90. The molecule has 2 heteroatoms. The molecule has 0 amide bonds. The Hall–Kier alpha value is -1.15. The van der Waals surface area contributed by atoms with Crippen LogP contribution in [-0.4, -0.2) is 5.11 Å². The zero-order valence-electron chi connectivity index (χ0n) is 7.41. The summed E-state index contributed by atoms with van der Waals surface area (Å²) in [5.74, 6) is -0.278. The number of rotatable bonds is 4. The Labute approximate surface area is 77.5 Å². The van der Waals surface area contributed by atoms with E-state index in [1.165, 1.54) is 12.1 Å². The Balaban J connectivity index is 2.60. The van der Waals surface area contributed by atoms with E-state index in [0.29, 0.717) is 6.42 Å². The van der Waals surface area contributed by atoms with Gasteiger partial charge in [-0.25, -0.2) is 4.39 Å². The zero-order chi connectivity index (χ0) is 9.68. The average molecular weight is 180 g/mol. The van der Waals surface area contributed by atoms with Crippen molar-refractivity contribution in [3.63, 3.8) is 0 Å². The first-order valence-corrected chi connectivity index (χ1v) is 4.28. The van der Waals surface area contributed by atoms with E-state index in [1.54, 1.807) is 18.2 Å². The fourth-order valence-corrected chi connectivity index (χ4v) is 1.13. The smallest absolute Gasteiger partial charge is 0.123 e. The Kier molecular flexibility index (Phi) is 3.65. The second-order valence-corrected chi connectivity index (χ2v) is 2.93. The van der Waals surface area contributed by atoms with Gasteiger partial charge in [0.1, 0.15) is 5.82 Å². The molecule has 0 spiro atoms. The SMILES string of the molecule is C=CCCC(O)c1ccc(F)cc1. The Bertz CT molecular complexity index is 266. The van der Waals surface area contributed by atoms with Gasteiger partial charge in [-0.15, -0.1) is 6.58 Å². The van der Waals surface area contributed by atoms with Crippen LogP contribution in [0.2, 0.25) is 0 Å². The highest BCUT2D eigenvalue weighted by molar-refractivity contribution is 5.18. The molecule has 70 valence electrons. The number of aliphatic hydroxyl groups is 1. The summed E-state index contributed by atoms with van der Waals surface area (Å²) in [7, 11) is 0. The third-order valence-electron chi connectivity index (χ3n) is 1.90. The van der Waals surface area contributed by atoms with Crippen molar-refractivity contribution in [3.05, 3.63) is 48.3 Å². The number of aliphatic hydroxyl groups excluding tert-OH is 1. The highest BCUT2D eigenvalue weighted by Crippen LogP contribution is 2.18. The van der Waals surface area contributed by atoms with Gasteiger partial charge < -0.3 is 5.11 Å². The molecule has 0 aliphatic rings. The summed E-state index contributed by atoms with van der Waals surface area (Å²) in [6.45, 7) is 3.57. The number of hydrogen-bond donors (Lipinski definition) is 1. The second kappa shape index (κ2) is 4.77. The lowest BCUT2D eigenvalue weighted by atomic mass is 10.1. The first-order valence-electron chi connectivity index (χ1n) is 4.28. The standard InChI is InChI=1S/C11H13FO/c1-2-3-4-11(13)9-5-7-10(12)8-6-9/h2,5-8,11,13H,1,3-4H2. The van der Waals surface area contributed by atoms with Gasteiger partial charge in [-0.05, 0) is 30.5 Å². The largest absolute Gasteiger partial charge is 0.388 e. The van der Waals surface area contributed by atoms with Crippen molar-refractivity contribution in [1.29, 1.82) is 0 Å². The van der Waals surface area contributed by atoms with E-state index in [1.807, 2.05) is 0 Å². The molecule has 0 saturated carbocycles. The third kappa shape index (κ3) is 2.99. The van der Waals surface area contributed by atoms with Crippen LogP contribution in [0.25, 0.3) is 0 Å². The van der Waals surface area contributed by atoms with E-state index in [0.717, 1.165) is 12.0 Å². The minimum Gasteiger partial charge on any atom is -0.388 e. The monoisotopic (exact) mass is 180 g/mol. The molecule has 0 heterocycles. The minimum absolute atomic E-state index is 0.278. The van der Waals surface area contributed by atoms with Gasteiger partial charge in [0.15, 0.2) is 0 Å². The normalized spacial score (nSPS) is 12.5. The quantitative estimate of drug-likeness (QED) is 0.706. The van der Waals surface area contributed by atoms with Crippen molar-refractivity contribution in [2.24, 2.45) is 0 Å². The van der Waals surface area contributed by atoms with Crippen molar-refractivity contribution >= 4 is 0 Å². The molecule has 1 aromatic carbocycles. The molecular weight excluding hydrogens is 167 g/mol. The highest BCUT2D eigenvalue weighted by atomic mass is 19.1. The maximum absolute atomic E-state index is 12.5. The first kappa shape index (κ1) is 9.93. The average Bonchev–Trinajstić information content (AvgIpc) is 2.15. The minimum atomic E-state index is -0.515. The van der Waals surface area contributed by atoms with Gasteiger partial charge in [-0.2, -0.15) is 0 Å². The summed E-state index contributed by atoms with van der Waals surface area (Å²) >= 11 is 0. The Morgan fingerprint density at radius 2 is 2.00 bits per heavy atom. The van der Waals surface area contributed by atoms with Crippen LogP contribution in [0, 0.1) is 5.82 Å². The lowest BCUT2D eigenvalue weighted by Crippen LogP contribution is -1.96. The number of halogens is 1. The molecule has 1 N–H and O–H groups in total. The molecule has 1 rings (SSSR count). The van der Waals surface area contributed by atoms with Gasteiger partial charge >= 0.3 is 0 Å². The summed E-state index contributed by atoms with van der Waals surface area (Å²) in [5.41, 5.74) is 0.753. The van der Waals surface area contributed by atoms with E-state index < -0.39 is 6.10 Å². The first-order chi connectivity index (χ1) is 6.24. The molecule has 0 aliphatic heterocycles. The van der Waals surface area contributed by atoms with Crippen LogP contribution in [0.3, 0.4) is 0 Å². The molecule has 13 heavy (non-hydrogen) atoms. The summed E-state index contributed by atoms with van der Waals surface area (Å²) in [4.78, 5) is 0. The number of benzene rings is 1. The molecule has 0 radical (unpaired) electrons. The topological polar surface area (TPSA) is 20.2 Å². The predicted molar refractivity (Wildman–Crippen MR) is 50.8 cm³/mol. The van der Waals surface area contributed by atoms with Gasteiger partial charge in [0.25, 0.3) is 0 Å². The molecule has 0 fully saturated rings. The highest BCUT2D eigenvalue weighted by Gasteiger charge is 2.05. The lowest BCUT2D eigenvalue weighted by molar-refractivity contribution is 0.168. The van der Waals surface area contributed by atoms with E-state index >= 15 is 0 Å². The van der Waals surface area contributed by atoms with Gasteiger partial charge in [-0.1, -0.05) is 18.2 Å². The van der Waals surface area contributed by atoms with Crippen molar-refractivity contribution in [1.82, 2.24) is 0 Å². The van der Waals surface area contributed by atoms with Crippen molar-refractivity contribution in [2.45, 2.75) is 18.9 Å². The summed E-state index contributed by atoms with van der Waals surface area (Å²) < 4.78 is 12.5. The Morgan fingerprint density at radius 3 is 2.54 bits per heavy atom. The van der Waals surface area contributed by atoms with Gasteiger partial charge in [0.05, 0.1) is 6.10 Å². The van der Waals surface area contributed by atoms with Gasteiger partial charge in [-0.3, -0.25) is 0 Å². The van der Waals surface area contributed by atoms with Gasteiger partial charge in [0.2, 0.25) is 0 Å². The molecule has 1 aromatic rings. The van der Waals surface area contributed by atoms with Crippen LogP contribution in [-0.2, 0) is 0 Å². The molecule has 0 bridgehead atoms. The Morgan fingerprint density at radius 1 is 1.38 bits per heavy atom. The predicted octanol–water partition coefficient (Wildman–Crippen LogP) is 2.83. The molecule has 1 atom stereocenters. The van der Waals surface area contributed by atoms with Crippen molar-refractivity contribution < 1.29 is 9.50 Å². The van der Waals surface area contributed by atoms with Crippen LogP contribution >= 0.6 is 0 Å². The summed E-state index contributed by atoms with van der Waals surface area (Å²) in [5, 5.41) is 9.57. The van der Waals surface area contributed by atoms with Crippen LogP contribution in [0.4, 0.5) is 4.39 Å². The van der Waals surface area contributed by atoms with Crippen molar-refractivity contribution in [2.75, 3.05) is 0 Å². The molecule has 0 aliphatic carbocycles. The molecule has 0 saturated heterocycles. The fraction of sp³-hybridized carbons (Fsp3) is 0.273. The van der Waals surface area contributed by atoms with Crippen LogP contribution < -0.4 is 0 Å². The van der Waals surface area contributed by atoms with Crippen LogP contribution in [0.15, 0.2) is 36.9 Å². The second-order valence-electron chi connectivity index (χ2n) is 2.93. The number of hydrogen-bond acceptors (Lipinski definition) is 1. The maximum atomic E-state index is 12.5. The van der Waals surface area contributed by atoms with Gasteiger partial charge in [0, 0.05) is 0 Å². The zero-order valence-corrected chi connectivity index (χ0v) is 7.41. The van der Waals surface area contributed by atoms with E-state index in [-0.39, 0.29) is 5.82 Å². The van der Waals surface area contributed by atoms with Crippen LogP contribution in [0.1, 0.15) is 24.5 Å². The molecule has 1 nitrogen and oxygen atoms in total. The molecular formula is C11H13FO. The van der Waals surface area contributed by atoms with E-state index in [2.05, 4.69) is 6.58 Å². The lowest BCUT2D eigenvalue weighted by Gasteiger charge is -2.08. The van der Waals surface area contributed by atoms with E-state index in [4.69, 9.17) is 0 Å². The fourth-order valence-electron chi connectivity index (χ4n) is 1.13. The van der Waals surface area contributed by atoms with E-state index in [9.17, 15) is 9.50 Å². The summed E-state index contributed by atoms with van der Waals surface area (Å²) in [6.07, 6.45) is 2.64. The maximum Gasteiger partial charge on any atom is 0.123 e. The summed E-state index contributed by atoms with van der Waals surface area (Å²) in [6, 6.07) is 5.91.